The van der Waals surface area contributed by atoms with Gasteiger partial charge in [-0.05, 0) is 29.1 Å². The zero-order valence-electron chi connectivity index (χ0n) is 11.7. The minimum absolute atomic E-state index is 0.129. The molecule has 3 rings (SSSR count). The maximum absolute atomic E-state index is 9.79. The highest BCUT2D eigenvalue weighted by Crippen LogP contribution is 2.29. The lowest BCUT2D eigenvalue weighted by atomic mass is 10.1. The number of ether oxygens (including phenoxy) is 1. The summed E-state index contributed by atoms with van der Waals surface area (Å²) in [5.41, 5.74) is 2.03. The predicted octanol–water partition coefficient (Wildman–Crippen LogP) is 3.56. The molecular formula is C17H16N2O2. The second-order valence-corrected chi connectivity index (χ2v) is 4.75. The van der Waals surface area contributed by atoms with Crippen molar-refractivity contribution in [2.75, 3.05) is 12.4 Å². The Hall–Kier alpha value is -2.75. The van der Waals surface area contributed by atoms with Crippen LogP contribution in [0.5, 0.6) is 11.5 Å². The van der Waals surface area contributed by atoms with E-state index in [0.29, 0.717) is 12.3 Å². The third-order valence-corrected chi connectivity index (χ3v) is 3.43. The molecule has 4 nitrogen and oxygen atoms in total. The molecule has 0 atom stereocenters. The van der Waals surface area contributed by atoms with Gasteiger partial charge >= 0.3 is 0 Å². The predicted molar refractivity (Wildman–Crippen MR) is 83.7 cm³/mol. The van der Waals surface area contributed by atoms with Crippen molar-refractivity contribution >= 4 is 16.5 Å². The van der Waals surface area contributed by atoms with Crippen molar-refractivity contribution in [3.63, 3.8) is 0 Å². The molecule has 0 aliphatic heterocycles. The van der Waals surface area contributed by atoms with Crippen molar-refractivity contribution in [3.05, 3.63) is 60.4 Å². The summed E-state index contributed by atoms with van der Waals surface area (Å²) < 4.78 is 5.04. The van der Waals surface area contributed by atoms with E-state index in [-0.39, 0.29) is 5.75 Å². The lowest BCUT2D eigenvalue weighted by Crippen LogP contribution is -2.00. The van der Waals surface area contributed by atoms with E-state index in [1.54, 1.807) is 18.3 Å². The highest BCUT2D eigenvalue weighted by molar-refractivity contribution is 5.84. The number of phenols is 1. The maximum Gasteiger partial charge on any atom is 0.160 e. The first-order valence-electron chi connectivity index (χ1n) is 6.70. The molecule has 0 aliphatic rings. The molecule has 0 spiro atoms. The summed E-state index contributed by atoms with van der Waals surface area (Å²) in [5, 5.41) is 15.4. The molecule has 3 aromatic rings. The average molecular weight is 280 g/mol. The monoisotopic (exact) mass is 280 g/mol. The summed E-state index contributed by atoms with van der Waals surface area (Å²) in [6.45, 7) is 0.674. The van der Waals surface area contributed by atoms with Crippen molar-refractivity contribution in [1.82, 2.24) is 4.98 Å². The standard InChI is InChI=1S/C17H16N2O2/c1-21-17-6-5-14(9-16(17)20)19-11-13-4-2-3-12-10-18-8-7-15(12)13/h2-10,19-20H,11H2,1H3. The van der Waals surface area contributed by atoms with E-state index in [9.17, 15) is 5.11 Å². The van der Waals surface area contributed by atoms with Gasteiger partial charge in [0.2, 0.25) is 0 Å². The molecule has 1 aromatic heterocycles. The minimum atomic E-state index is 0.129. The molecule has 2 N–H and O–H groups in total. The van der Waals surface area contributed by atoms with Crippen LogP contribution in [0, 0.1) is 0 Å². The largest absolute Gasteiger partial charge is 0.504 e. The molecule has 21 heavy (non-hydrogen) atoms. The van der Waals surface area contributed by atoms with Gasteiger partial charge in [-0.15, -0.1) is 0 Å². The van der Waals surface area contributed by atoms with Crippen LogP contribution >= 0.6 is 0 Å². The van der Waals surface area contributed by atoms with Crippen LogP contribution in [0.2, 0.25) is 0 Å². The average Bonchev–Trinajstić information content (AvgIpc) is 2.53. The van der Waals surface area contributed by atoms with Gasteiger partial charge in [0.25, 0.3) is 0 Å². The van der Waals surface area contributed by atoms with Gasteiger partial charge in [-0.3, -0.25) is 4.98 Å². The van der Waals surface area contributed by atoms with Gasteiger partial charge in [0.05, 0.1) is 7.11 Å². The summed E-state index contributed by atoms with van der Waals surface area (Å²) in [5.74, 6) is 0.599. The summed E-state index contributed by atoms with van der Waals surface area (Å²) in [7, 11) is 1.53. The third-order valence-electron chi connectivity index (χ3n) is 3.43. The van der Waals surface area contributed by atoms with Gasteiger partial charge in [0, 0.05) is 36.1 Å². The van der Waals surface area contributed by atoms with E-state index >= 15 is 0 Å². The van der Waals surface area contributed by atoms with E-state index in [4.69, 9.17) is 4.74 Å². The fourth-order valence-electron chi connectivity index (χ4n) is 2.34. The van der Waals surface area contributed by atoms with Crippen LogP contribution in [0.3, 0.4) is 0 Å². The summed E-state index contributed by atoms with van der Waals surface area (Å²) in [6, 6.07) is 13.4. The van der Waals surface area contributed by atoms with Gasteiger partial charge in [0.15, 0.2) is 11.5 Å². The molecule has 106 valence electrons. The molecule has 2 aromatic carbocycles. The zero-order chi connectivity index (χ0) is 14.7. The minimum Gasteiger partial charge on any atom is -0.504 e. The van der Waals surface area contributed by atoms with Crippen LogP contribution in [0.25, 0.3) is 10.8 Å². The lowest BCUT2D eigenvalue weighted by Gasteiger charge is -2.11. The Kier molecular flexibility index (Phi) is 3.60. The molecule has 0 unspecified atom stereocenters. The topological polar surface area (TPSA) is 54.4 Å². The Morgan fingerprint density at radius 3 is 2.90 bits per heavy atom. The van der Waals surface area contributed by atoms with Crippen molar-refractivity contribution in [2.45, 2.75) is 6.54 Å². The second kappa shape index (κ2) is 5.71. The highest BCUT2D eigenvalue weighted by Gasteiger charge is 2.04. The summed E-state index contributed by atoms with van der Waals surface area (Å²) in [6.07, 6.45) is 3.66. The second-order valence-electron chi connectivity index (χ2n) is 4.75. The summed E-state index contributed by atoms with van der Waals surface area (Å²) >= 11 is 0. The van der Waals surface area contributed by atoms with E-state index in [1.807, 2.05) is 30.5 Å². The molecule has 0 saturated carbocycles. The van der Waals surface area contributed by atoms with Gasteiger partial charge in [0.1, 0.15) is 0 Å². The number of nitrogens with zero attached hydrogens (tertiary/aromatic N) is 1. The van der Waals surface area contributed by atoms with Crippen molar-refractivity contribution in [3.8, 4) is 11.5 Å². The molecule has 0 aliphatic carbocycles. The van der Waals surface area contributed by atoms with E-state index < -0.39 is 0 Å². The summed E-state index contributed by atoms with van der Waals surface area (Å²) in [4.78, 5) is 4.14. The number of hydrogen-bond donors (Lipinski definition) is 2. The molecule has 0 amide bonds. The number of nitrogens with one attached hydrogen (secondary N) is 1. The number of aromatic nitrogens is 1. The highest BCUT2D eigenvalue weighted by atomic mass is 16.5. The molecule has 1 heterocycles. The first kappa shape index (κ1) is 13.2. The Labute approximate surface area is 123 Å². The van der Waals surface area contributed by atoms with E-state index in [2.05, 4.69) is 16.4 Å². The third kappa shape index (κ3) is 2.74. The van der Waals surface area contributed by atoms with Gasteiger partial charge in [-0.2, -0.15) is 0 Å². The van der Waals surface area contributed by atoms with Crippen molar-refractivity contribution in [2.24, 2.45) is 0 Å². The van der Waals surface area contributed by atoms with Crippen molar-refractivity contribution in [1.29, 1.82) is 0 Å². The van der Waals surface area contributed by atoms with Gasteiger partial charge < -0.3 is 15.2 Å². The molecule has 0 saturated heterocycles. The zero-order valence-corrected chi connectivity index (χ0v) is 11.7. The smallest absolute Gasteiger partial charge is 0.160 e. The number of pyridine rings is 1. The first-order chi connectivity index (χ1) is 10.3. The first-order valence-corrected chi connectivity index (χ1v) is 6.70. The van der Waals surface area contributed by atoms with Gasteiger partial charge in [-0.25, -0.2) is 0 Å². The van der Waals surface area contributed by atoms with E-state index in [0.717, 1.165) is 11.1 Å². The number of anilines is 1. The molecule has 4 heteroatoms. The van der Waals surface area contributed by atoms with Crippen LogP contribution < -0.4 is 10.1 Å². The Morgan fingerprint density at radius 1 is 1.19 bits per heavy atom. The Morgan fingerprint density at radius 2 is 2.10 bits per heavy atom. The Balaban J connectivity index is 1.82. The number of aromatic hydroxyl groups is 1. The number of methoxy groups -OCH3 is 1. The van der Waals surface area contributed by atoms with Crippen molar-refractivity contribution < 1.29 is 9.84 Å². The molecule has 0 bridgehead atoms. The van der Waals surface area contributed by atoms with Crippen LogP contribution in [0.15, 0.2) is 54.9 Å². The number of phenolic OH excluding ortho intramolecular Hbond substituents is 1. The number of hydrogen-bond acceptors (Lipinski definition) is 4. The lowest BCUT2D eigenvalue weighted by molar-refractivity contribution is 0.373. The normalized spacial score (nSPS) is 10.5. The fraction of sp³-hybridized carbons (Fsp3) is 0.118. The van der Waals surface area contributed by atoms with Crippen LogP contribution in [-0.2, 0) is 6.54 Å². The SMILES string of the molecule is COc1ccc(NCc2cccc3cnccc23)cc1O. The Bertz CT molecular complexity index is 766. The number of benzene rings is 2. The molecule has 0 radical (unpaired) electrons. The molecular weight excluding hydrogens is 264 g/mol. The van der Waals surface area contributed by atoms with Gasteiger partial charge in [-0.1, -0.05) is 18.2 Å². The quantitative estimate of drug-likeness (QED) is 0.767. The maximum atomic E-state index is 9.79. The van der Waals surface area contributed by atoms with Crippen LogP contribution in [0.1, 0.15) is 5.56 Å². The van der Waals surface area contributed by atoms with Crippen LogP contribution in [0.4, 0.5) is 5.69 Å². The van der Waals surface area contributed by atoms with E-state index in [1.165, 1.54) is 18.1 Å². The fourth-order valence-corrected chi connectivity index (χ4v) is 2.34. The molecule has 0 fully saturated rings. The number of fused-ring (bicyclic) bond motifs is 1. The number of rotatable bonds is 4. The van der Waals surface area contributed by atoms with Crippen LogP contribution in [-0.4, -0.2) is 17.2 Å².